The molecule has 2 atom stereocenters. The molecule has 0 unspecified atom stereocenters. The van der Waals surface area contributed by atoms with Crippen LogP contribution in [0.4, 0.5) is 0 Å². The van der Waals surface area contributed by atoms with Gasteiger partial charge in [0.2, 0.25) is 11.8 Å². The van der Waals surface area contributed by atoms with E-state index in [4.69, 9.17) is 0 Å². The molecule has 3 aliphatic rings. The van der Waals surface area contributed by atoms with Gasteiger partial charge in [0.05, 0.1) is 11.6 Å². The van der Waals surface area contributed by atoms with Crippen LogP contribution in [-0.2, 0) is 9.59 Å². The molecule has 2 amide bonds. The molecule has 6 nitrogen and oxygen atoms in total. The molecule has 1 saturated carbocycles. The second-order valence-corrected chi connectivity index (χ2v) is 7.28. The van der Waals surface area contributed by atoms with E-state index in [0.29, 0.717) is 24.9 Å². The Morgan fingerprint density at radius 1 is 1.30 bits per heavy atom. The predicted molar refractivity (Wildman–Crippen MR) is 84.7 cm³/mol. The maximum absolute atomic E-state index is 12.8. The van der Waals surface area contributed by atoms with E-state index in [1.165, 1.54) is 0 Å². The van der Waals surface area contributed by atoms with Crippen molar-refractivity contribution in [3.63, 3.8) is 0 Å². The molecule has 1 aliphatic carbocycles. The summed E-state index contributed by atoms with van der Waals surface area (Å²) in [6.07, 6.45) is 4.70. The lowest BCUT2D eigenvalue weighted by molar-refractivity contribution is -0.137. The maximum atomic E-state index is 12.8. The summed E-state index contributed by atoms with van der Waals surface area (Å²) in [5.41, 5.74) is 2.12. The number of aromatic amines is 1. The summed E-state index contributed by atoms with van der Waals surface area (Å²) in [4.78, 5) is 28.8. The van der Waals surface area contributed by atoms with Crippen molar-refractivity contribution in [2.75, 3.05) is 19.6 Å². The molecule has 1 aromatic rings. The standard InChI is InChI=1S/C17H24N4O2/c1-11-7-15(19-18-11)12-3-2-6-20(9-12)17(23)13-8-16(22)21(10-13)14-4-5-14/h7,12-14H,2-6,8-10H2,1H3,(H,18,19)/t12-,13+/m0/s1. The number of H-pyrrole nitrogens is 1. The molecule has 0 aromatic carbocycles. The number of nitrogens with one attached hydrogen (secondary N) is 1. The molecule has 0 bridgehead atoms. The van der Waals surface area contributed by atoms with Crippen LogP contribution < -0.4 is 0 Å². The molecular weight excluding hydrogens is 292 g/mol. The highest BCUT2D eigenvalue weighted by atomic mass is 16.2. The van der Waals surface area contributed by atoms with Crippen LogP contribution in [0.1, 0.15) is 49.4 Å². The molecule has 124 valence electrons. The summed E-state index contributed by atoms with van der Waals surface area (Å²) >= 11 is 0. The summed E-state index contributed by atoms with van der Waals surface area (Å²) < 4.78 is 0. The number of aromatic nitrogens is 2. The second-order valence-electron chi connectivity index (χ2n) is 7.28. The molecule has 1 N–H and O–H groups in total. The quantitative estimate of drug-likeness (QED) is 0.917. The van der Waals surface area contributed by atoms with Gasteiger partial charge in [0.25, 0.3) is 0 Å². The van der Waals surface area contributed by atoms with Gasteiger partial charge < -0.3 is 9.80 Å². The summed E-state index contributed by atoms with van der Waals surface area (Å²) in [7, 11) is 0. The first-order chi connectivity index (χ1) is 11.1. The van der Waals surface area contributed by atoms with Gasteiger partial charge in [-0.3, -0.25) is 14.7 Å². The van der Waals surface area contributed by atoms with Gasteiger partial charge in [0.1, 0.15) is 0 Å². The van der Waals surface area contributed by atoms with Crippen LogP contribution in [0.3, 0.4) is 0 Å². The highest BCUT2D eigenvalue weighted by molar-refractivity contribution is 5.89. The third kappa shape index (κ3) is 2.86. The number of hydrogen-bond acceptors (Lipinski definition) is 3. The van der Waals surface area contributed by atoms with Gasteiger partial charge in [-0.15, -0.1) is 0 Å². The largest absolute Gasteiger partial charge is 0.342 e. The molecule has 4 rings (SSSR count). The van der Waals surface area contributed by atoms with E-state index in [0.717, 1.165) is 50.2 Å². The summed E-state index contributed by atoms with van der Waals surface area (Å²) in [5.74, 6) is 0.512. The molecule has 6 heteroatoms. The molecule has 3 fully saturated rings. The number of nitrogens with zero attached hydrogens (tertiary/aromatic N) is 3. The molecule has 23 heavy (non-hydrogen) atoms. The fourth-order valence-electron chi connectivity index (χ4n) is 3.96. The topological polar surface area (TPSA) is 69.3 Å². The molecule has 0 spiro atoms. The zero-order valence-corrected chi connectivity index (χ0v) is 13.6. The van der Waals surface area contributed by atoms with Crippen molar-refractivity contribution in [2.45, 2.75) is 51.0 Å². The molecular formula is C17H24N4O2. The van der Waals surface area contributed by atoms with Gasteiger partial charge in [-0.2, -0.15) is 5.10 Å². The van der Waals surface area contributed by atoms with Crippen LogP contribution in [0.2, 0.25) is 0 Å². The van der Waals surface area contributed by atoms with Crippen molar-refractivity contribution in [1.29, 1.82) is 0 Å². The minimum Gasteiger partial charge on any atom is -0.342 e. The minimum absolute atomic E-state index is 0.136. The Bertz CT molecular complexity index is 622. The summed E-state index contributed by atoms with van der Waals surface area (Å²) in [6.45, 7) is 4.17. The Labute approximate surface area is 136 Å². The fourth-order valence-corrected chi connectivity index (χ4v) is 3.96. The van der Waals surface area contributed by atoms with E-state index in [1.54, 1.807) is 0 Å². The van der Waals surface area contributed by atoms with Gasteiger partial charge >= 0.3 is 0 Å². The number of aryl methyl sites for hydroxylation is 1. The Morgan fingerprint density at radius 3 is 2.83 bits per heavy atom. The van der Waals surface area contributed by atoms with Crippen LogP contribution in [0.15, 0.2) is 6.07 Å². The van der Waals surface area contributed by atoms with E-state index in [9.17, 15) is 9.59 Å². The summed E-state index contributed by atoms with van der Waals surface area (Å²) in [6, 6.07) is 2.49. The van der Waals surface area contributed by atoms with Crippen molar-refractivity contribution in [3.8, 4) is 0 Å². The smallest absolute Gasteiger partial charge is 0.228 e. The summed E-state index contributed by atoms with van der Waals surface area (Å²) in [5, 5.41) is 7.35. The van der Waals surface area contributed by atoms with Crippen LogP contribution in [0, 0.1) is 12.8 Å². The van der Waals surface area contributed by atoms with Crippen molar-refractivity contribution in [1.82, 2.24) is 20.0 Å². The number of carbonyl (C=O) groups is 2. The Balaban J connectivity index is 1.41. The molecule has 0 radical (unpaired) electrons. The first-order valence-electron chi connectivity index (χ1n) is 8.72. The number of carbonyl (C=O) groups excluding carboxylic acids is 2. The van der Waals surface area contributed by atoms with Gasteiger partial charge in [0.15, 0.2) is 0 Å². The first-order valence-corrected chi connectivity index (χ1v) is 8.72. The number of piperidine rings is 1. The number of likely N-dealkylation sites (tertiary alicyclic amines) is 2. The van der Waals surface area contributed by atoms with Gasteiger partial charge in [-0.25, -0.2) is 0 Å². The van der Waals surface area contributed by atoms with E-state index in [-0.39, 0.29) is 17.7 Å². The fraction of sp³-hybridized carbons (Fsp3) is 0.706. The first kappa shape index (κ1) is 14.7. The lowest BCUT2D eigenvalue weighted by Crippen LogP contribution is -2.43. The number of rotatable bonds is 3. The highest BCUT2D eigenvalue weighted by Crippen LogP contribution is 2.34. The lowest BCUT2D eigenvalue weighted by atomic mass is 9.93. The average Bonchev–Trinajstić information content (AvgIpc) is 3.19. The third-order valence-electron chi connectivity index (χ3n) is 5.37. The van der Waals surface area contributed by atoms with Crippen LogP contribution in [0.25, 0.3) is 0 Å². The van der Waals surface area contributed by atoms with Crippen molar-refractivity contribution in [2.24, 2.45) is 5.92 Å². The molecule has 2 aliphatic heterocycles. The second kappa shape index (κ2) is 5.65. The van der Waals surface area contributed by atoms with E-state index in [1.807, 2.05) is 16.7 Å². The number of hydrogen-bond donors (Lipinski definition) is 1. The van der Waals surface area contributed by atoms with E-state index in [2.05, 4.69) is 16.3 Å². The third-order valence-corrected chi connectivity index (χ3v) is 5.37. The zero-order chi connectivity index (χ0) is 16.0. The number of amides is 2. The SMILES string of the molecule is Cc1cc([C@H]2CCCN(C(=O)[C@@H]3CC(=O)N(C4CC4)C3)C2)n[nH]1. The van der Waals surface area contributed by atoms with Crippen LogP contribution >= 0.6 is 0 Å². The maximum Gasteiger partial charge on any atom is 0.228 e. The van der Waals surface area contributed by atoms with Crippen LogP contribution in [0.5, 0.6) is 0 Å². The van der Waals surface area contributed by atoms with Crippen LogP contribution in [-0.4, -0.2) is 57.5 Å². The van der Waals surface area contributed by atoms with E-state index < -0.39 is 0 Å². The average molecular weight is 316 g/mol. The zero-order valence-electron chi connectivity index (χ0n) is 13.6. The monoisotopic (exact) mass is 316 g/mol. The highest BCUT2D eigenvalue weighted by Gasteiger charge is 2.43. The minimum atomic E-state index is -0.136. The van der Waals surface area contributed by atoms with Gasteiger partial charge in [0, 0.05) is 43.7 Å². The predicted octanol–water partition coefficient (Wildman–Crippen LogP) is 1.44. The van der Waals surface area contributed by atoms with Gasteiger partial charge in [-0.1, -0.05) is 0 Å². The van der Waals surface area contributed by atoms with Crippen molar-refractivity contribution >= 4 is 11.8 Å². The lowest BCUT2D eigenvalue weighted by Gasteiger charge is -2.33. The van der Waals surface area contributed by atoms with Crippen molar-refractivity contribution in [3.05, 3.63) is 17.5 Å². The molecule has 3 heterocycles. The van der Waals surface area contributed by atoms with E-state index >= 15 is 0 Å². The molecule has 2 saturated heterocycles. The van der Waals surface area contributed by atoms with Gasteiger partial charge in [-0.05, 0) is 38.7 Å². The normalized spacial score (nSPS) is 28.5. The molecule has 1 aromatic heterocycles. The Kier molecular flexibility index (Phi) is 3.62. The Morgan fingerprint density at radius 2 is 2.13 bits per heavy atom. The Hall–Kier alpha value is -1.85. The van der Waals surface area contributed by atoms with Crippen molar-refractivity contribution < 1.29 is 9.59 Å².